The lowest BCUT2D eigenvalue weighted by Crippen LogP contribution is -2.46. The van der Waals surface area contributed by atoms with E-state index in [1.54, 1.807) is 6.20 Å². The van der Waals surface area contributed by atoms with E-state index in [0.717, 1.165) is 6.42 Å². The van der Waals surface area contributed by atoms with Crippen molar-refractivity contribution in [1.82, 2.24) is 5.32 Å². The van der Waals surface area contributed by atoms with Crippen LogP contribution in [0.1, 0.15) is 41.0 Å². The van der Waals surface area contributed by atoms with Gasteiger partial charge in [-0.15, -0.1) is 0 Å². The molecule has 0 aromatic rings. The highest BCUT2D eigenvalue weighted by Gasteiger charge is 2.37. The molecule has 1 unspecified atom stereocenters. The van der Waals surface area contributed by atoms with Gasteiger partial charge in [-0.3, -0.25) is 4.99 Å². The van der Waals surface area contributed by atoms with Crippen LogP contribution in [-0.4, -0.2) is 17.3 Å². The molecule has 1 aliphatic rings. The van der Waals surface area contributed by atoms with E-state index in [1.165, 1.54) is 5.71 Å². The summed E-state index contributed by atoms with van der Waals surface area (Å²) in [7, 11) is 0. The minimum absolute atomic E-state index is 0.0731. The van der Waals surface area contributed by atoms with Crippen molar-refractivity contribution in [1.29, 1.82) is 0 Å². The summed E-state index contributed by atoms with van der Waals surface area (Å²) in [4.78, 5) is 4.75. The van der Waals surface area contributed by atoms with Crippen LogP contribution in [0.2, 0.25) is 0 Å². The maximum Gasteiger partial charge on any atom is 0.0523 e. The van der Waals surface area contributed by atoms with E-state index in [2.05, 4.69) is 46.5 Å². The summed E-state index contributed by atoms with van der Waals surface area (Å²) < 4.78 is 0. The molecule has 1 fully saturated rings. The Labute approximate surface area is 93.9 Å². The van der Waals surface area contributed by atoms with Crippen LogP contribution in [0.5, 0.6) is 0 Å². The van der Waals surface area contributed by atoms with E-state index in [-0.39, 0.29) is 5.54 Å². The molecule has 0 aromatic carbocycles. The molecule has 0 aromatic heterocycles. The van der Waals surface area contributed by atoms with Crippen LogP contribution in [0, 0.1) is 11.8 Å². The molecule has 0 amide bonds. The summed E-state index contributed by atoms with van der Waals surface area (Å²) in [6.07, 6.45) is 2.93. The molecule has 0 radical (unpaired) electrons. The van der Waals surface area contributed by atoms with Crippen molar-refractivity contribution in [3.63, 3.8) is 0 Å². The van der Waals surface area contributed by atoms with Gasteiger partial charge in [-0.2, -0.15) is 0 Å². The standard InChI is InChI=1S/C13H24N2/c1-7-14-10(3)11-8-12(9(11)2)15-13(4,5)6/h7,9-11,14H,1,8H2,2-6H3/t9-,10+,11?/m0/s1. The molecular formula is C13H24N2. The average molecular weight is 208 g/mol. The topological polar surface area (TPSA) is 24.4 Å². The molecule has 0 heterocycles. The van der Waals surface area contributed by atoms with Gasteiger partial charge < -0.3 is 5.32 Å². The van der Waals surface area contributed by atoms with Gasteiger partial charge in [-0.05, 0) is 52.2 Å². The van der Waals surface area contributed by atoms with Crippen LogP contribution in [0.4, 0.5) is 0 Å². The fourth-order valence-electron chi connectivity index (χ4n) is 2.19. The molecule has 0 spiro atoms. The molecule has 1 N–H and O–H groups in total. The Morgan fingerprint density at radius 1 is 1.53 bits per heavy atom. The lowest BCUT2D eigenvalue weighted by atomic mass is 9.69. The highest BCUT2D eigenvalue weighted by atomic mass is 14.9. The molecule has 2 heteroatoms. The second kappa shape index (κ2) is 4.38. The van der Waals surface area contributed by atoms with E-state index in [0.29, 0.717) is 17.9 Å². The van der Waals surface area contributed by atoms with E-state index in [4.69, 9.17) is 4.99 Å². The van der Waals surface area contributed by atoms with Crippen molar-refractivity contribution in [2.45, 2.75) is 52.6 Å². The first kappa shape index (κ1) is 12.3. The molecule has 1 saturated carbocycles. The average Bonchev–Trinajstić information content (AvgIpc) is 2.10. The van der Waals surface area contributed by atoms with Gasteiger partial charge in [0.2, 0.25) is 0 Å². The summed E-state index contributed by atoms with van der Waals surface area (Å²) >= 11 is 0. The molecule has 0 bridgehead atoms. The molecular weight excluding hydrogens is 184 g/mol. The molecule has 0 saturated heterocycles. The number of hydrogen-bond donors (Lipinski definition) is 1. The number of aliphatic imine (C=N–C) groups is 1. The highest BCUT2D eigenvalue weighted by molar-refractivity contribution is 5.92. The smallest absolute Gasteiger partial charge is 0.0523 e. The van der Waals surface area contributed by atoms with Gasteiger partial charge in [0.15, 0.2) is 0 Å². The summed E-state index contributed by atoms with van der Waals surface area (Å²) in [6.45, 7) is 14.7. The second-order valence-electron chi connectivity index (χ2n) is 5.59. The van der Waals surface area contributed by atoms with Crippen LogP contribution in [0.3, 0.4) is 0 Å². The quantitative estimate of drug-likeness (QED) is 0.757. The number of rotatable bonds is 3. The maximum absolute atomic E-state index is 4.75. The first-order chi connectivity index (χ1) is 6.85. The number of hydrogen-bond acceptors (Lipinski definition) is 2. The fraction of sp³-hybridized carbons (Fsp3) is 0.769. The minimum atomic E-state index is 0.0731. The van der Waals surface area contributed by atoms with Crippen molar-refractivity contribution in [3.8, 4) is 0 Å². The third kappa shape index (κ3) is 3.08. The van der Waals surface area contributed by atoms with Gasteiger partial charge in [0.25, 0.3) is 0 Å². The van der Waals surface area contributed by atoms with Crippen molar-refractivity contribution in [2.75, 3.05) is 0 Å². The number of nitrogens with zero attached hydrogens (tertiary/aromatic N) is 1. The molecule has 15 heavy (non-hydrogen) atoms. The largest absolute Gasteiger partial charge is 0.389 e. The van der Waals surface area contributed by atoms with Gasteiger partial charge in [0.05, 0.1) is 5.54 Å². The van der Waals surface area contributed by atoms with Gasteiger partial charge in [-0.1, -0.05) is 13.5 Å². The summed E-state index contributed by atoms with van der Waals surface area (Å²) in [5, 5.41) is 3.27. The number of nitrogens with one attached hydrogen (secondary N) is 1. The van der Waals surface area contributed by atoms with E-state index < -0.39 is 0 Å². The molecule has 1 rings (SSSR count). The van der Waals surface area contributed by atoms with Crippen molar-refractivity contribution in [2.24, 2.45) is 16.8 Å². The molecule has 3 atom stereocenters. The Kier molecular flexibility index (Phi) is 3.58. The van der Waals surface area contributed by atoms with E-state index in [9.17, 15) is 0 Å². The Hall–Kier alpha value is -0.790. The zero-order chi connectivity index (χ0) is 11.6. The zero-order valence-corrected chi connectivity index (χ0v) is 10.7. The van der Waals surface area contributed by atoms with Crippen LogP contribution in [-0.2, 0) is 0 Å². The highest BCUT2D eigenvalue weighted by Crippen LogP contribution is 2.35. The van der Waals surface area contributed by atoms with Crippen LogP contribution in [0.25, 0.3) is 0 Å². The summed E-state index contributed by atoms with van der Waals surface area (Å²) in [6, 6.07) is 0.511. The van der Waals surface area contributed by atoms with Crippen molar-refractivity contribution < 1.29 is 0 Å². The summed E-state index contributed by atoms with van der Waals surface area (Å²) in [5.74, 6) is 1.33. The van der Waals surface area contributed by atoms with Crippen molar-refractivity contribution >= 4 is 5.71 Å². The van der Waals surface area contributed by atoms with Crippen molar-refractivity contribution in [3.05, 3.63) is 12.8 Å². The van der Waals surface area contributed by atoms with E-state index in [1.807, 2.05) is 0 Å². The molecule has 86 valence electrons. The molecule has 0 aliphatic heterocycles. The first-order valence-corrected chi connectivity index (χ1v) is 5.80. The third-order valence-electron chi connectivity index (χ3n) is 3.11. The van der Waals surface area contributed by atoms with Gasteiger partial charge in [0, 0.05) is 11.8 Å². The first-order valence-electron chi connectivity index (χ1n) is 5.80. The van der Waals surface area contributed by atoms with Crippen LogP contribution >= 0.6 is 0 Å². The van der Waals surface area contributed by atoms with Gasteiger partial charge in [0.1, 0.15) is 0 Å². The lowest BCUT2D eigenvalue weighted by Gasteiger charge is -2.41. The van der Waals surface area contributed by atoms with Crippen LogP contribution in [0.15, 0.2) is 17.8 Å². The lowest BCUT2D eigenvalue weighted by molar-refractivity contribution is 0.299. The summed E-state index contributed by atoms with van der Waals surface area (Å²) in [5.41, 5.74) is 1.45. The Morgan fingerprint density at radius 2 is 2.13 bits per heavy atom. The monoisotopic (exact) mass is 208 g/mol. The predicted molar refractivity (Wildman–Crippen MR) is 67.3 cm³/mol. The maximum atomic E-state index is 4.75. The Bertz CT molecular complexity index is 260. The van der Waals surface area contributed by atoms with E-state index >= 15 is 0 Å². The van der Waals surface area contributed by atoms with Gasteiger partial charge in [-0.25, -0.2) is 0 Å². The molecule has 2 nitrogen and oxygen atoms in total. The zero-order valence-electron chi connectivity index (χ0n) is 10.7. The fourth-order valence-corrected chi connectivity index (χ4v) is 2.19. The SMILES string of the molecule is C=CN[C@H](C)C1CC(=NC(C)(C)C)[C@H]1C. The third-order valence-corrected chi connectivity index (χ3v) is 3.11. The van der Waals surface area contributed by atoms with Crippen LogP contribution < -0.4 is 5.32 Å². The van der Waals surface area contributed by atoms with Gasteiger partial charge >= 0.3 is 0 Å². The molecule has 1 aliphatic carbocycles. The predicted octanol–water partition coefficient (Wildman–Crippen LogP) is 3.00. The second-order valence-corrected chi connectivity index (χ2v) is 5.59. The minimum Gasteiger partial charge on any atom is -0.389 e. The Morgan fingerprint density at radius 3 is 2.53 bits per heavy atom. The Balaban J connectivity index is 2.55. The normalized spacial score (nSPS) is 30.9.